The molecule has 0 aromatic heterocycles. The molecule has 0 amide bonds. The van der Waals surface area contributed by atoms with E-state index in [-0.39, 0.29) is 0 Å². The first-order valence-electron chi connectivity index (χ1n) is 7.78. The van der Waals surface area contributed by atoms with Crippen LogP contribution < -0.4 is 0 Å². The molecule has 2 fully saturated rings. The SMILES string of the molecule is CO[C@@H]1O[C@@H](CO)C(OC2OC(CO)C(C)C(O)C2O)C(O)C1O. The molecule has 10 atom stereocenters. The van der Waals surface area contributed by atoms with Crippen molar-refractivity contribution in [1.29, 1.82) is 0 Å². The molecule has 0 radical (unpaired) electrons. The van der Waals surface area contributed by atoms with Gasteiger partial charge in [-0.1, -0.05) is 6.92 Å². The van der Waals surface area contributed by atoms with E-state index in [1.165, 1.54) is 7.11 Å². The van der Waals surface area contributed by atoms with Gasteiger partial charge in [0.1, 0.15) is 30.5 Å². The first-order chi connectivity index (χ1) is 11.3. The monoisotopic (exact) mass is 354 g/mol. The summed E-state index contributed by atoms with van der Waals surface area (Å²) in [7, 11) is 1.27. The van der Waals surface area contributed by atoms with Crippen LogP contribution in [0.25, 0.3) is 0 Å². The highest BCUT2D eigenvalue weighted by Gasteiger charge is 2.49. The van der Waals surface area contributed by atoms with E-state index in [0.717, 1.165) is 0 Å². The maximum atomic E-state index is 10.2. The lowest BCUT2D eigenvalue weighted by Crippen LogP contribution is -2.63. The van der Waals surface area contributed by atoms with E-state index in [1.807, 2.05) is 0 Å². The van der Waals surface area contributed by atoms with E-state index >= 15 is 0 Å². The van der Waals surface area contributed by atoms with Crippen molar-refractivity contribution in [2.45, 2.75) is 62.2 Å². The molecule has 0 bridgehead atoms. The third kappa shape index (κ3) is 3.73. The summed E-state index contributed by atoms with van der Waals surface area (Å²) in [5.74, 6) is -0.533. The highest BCUT2D eigenvalue weighted by Crippen LogP contribution is 2.31. The van der Waals surface area contributed by atoms with Gasteiger partial charge in [0.25, 0.3) is 0 Å². The molecule has 2 aliphatic heterocycles. The lowest BCUT2D eigenvalue weighted by atomic mass is 9.91. The summed E-state index contributed by atoms with van der Waals surface area (Å²) in [6.45, 7) is 0.666. The number of aliphatic hydroxyl groups is 6. The van der Waals surface area contributed by atoms with Crippen molar-refractivity contribution in [3.63, 3.8) is 0 Å². The number of hydrogen-bond acceptors (Lipinski definition) is 10. The fourth-order valence-corrected chi connectivity index (χ4v) is 2.96. The fourth-order valence-electron chi connectivity index (χ4n) is 2.96. The summed E-state index contributed by atoms with van der Waals surface area (Å²) in [5.41, 5.74) is 0. The van der Waals surface area contributed by atoms with E-state index in [2.05, 4.69) is 0 Å². The molecule has 2 saturated heterocycles. The predicted octanol–water partition coefficient (Wildman–Crippen LogP) is -3.47. The standard InChI is InChI=1S/C14H26O10/c1-5-6(3-15)22-14(10(19)8(5)17)24-12-7(4-16)23-13(21-2)11(20)9(12)18/h5-20H,3-4H2,1-2H3/t5?,6?,7-,8?,9?,10?,11?,12?,13+,14?/m0/s1. The van der Waals surface area contributed by atoms with E-state index in [4.69, 9.17) is 18.9 Å². The van der Waals surface area contributed by atoms with Crippen LogP contribution in [0.15, 0.2) is 0 Å². The van der Waals surface area contributed by atoms with Gasteiger partial charge in [0.15, 0.2) is 12.6 Å². The van der Waals surface area contributed by atoms with Crippen molar-refractivity contribution in [1.82, 2.24) is 0 Å². The molecule has 10 heteroatoms. The second-order valence-corrected chi connectivity index (χ2v) is 6.11. The highest BCUT2D eigenvalue weighted by molar-refractivity contribution is 4.93. The predicted molar refractivity (Wildman–Crippen MR) is 76.6 cm³/mol. The van der Waals surface area contributed by atoms with Crippen LogP contribution in [-0.2, 0) is 18.9 Å². The minimum atomic E-state index is -1.49. The number of hydrogen-bond donors (Lipinski definition) is 6. The lowest BCUT2D eigenvalue weighted by Gasteiger charge is -2.46. The van der Waals surface area contributed by atoms with Crippen LogP contribution in [-0.4, -0.2) is 106 Å². The Morgan fingerprint density at radius 1 is 0.792 bits per heavy atom. The second kappa shape index (κ2) is 8.32. The van der Waals surface area contributed by atoms with Crippen LogP contribution in [0, 0.1) is 5.92 Å². The quantitative estimate of drug-likeness (QED) is 0.293. The van der Waals surface area contributed by atoms with E-state index in [9.17, 15) is 30.6 Å². The molecule has 0 saturated carbocycles. The van der Waals surface area contributed by atoms with Crippen molar-refractivity contribution < 1.29 is 49.6 Å². The molecule has 0 spiro atoms. The molecular formula is C14H26O10. The average molecular weight is 354 g/mol. The van der Waals surface area contributed by atoms with Crippen molar-refractivity contribution >= 4 is 0 Å². The summed E-state index contributed by atoms with van der Waals surface area (Å²) in [6, 6.07) is 0. The Morgan fingerprint density at radius 2 is 1.33 bits per heavy atom. The number of methoxy groups -OCH3 is 1. The molecule has 6 N–H and O–H groups in total. The summed E-state index contributed by atoms with van der Waals surface area (Å²) < 4.78 is 21.1. The van der Waals surface area contributed by atoms with Crippen LogP contribution in [0.1, 0.15) is 6.92 Å². The third-order valence-corrected chi connectivity index (χ3v) is 4.59. The van der Waals surface area contributed by atoms with Crippen molar-refractivity contribution in [3.05, 3.63) is 0 Å². The van der Waals surface area contributed by atoms with Gasteiger partial charge in [-0.3, -0.25) is 0 Å². The Balaban J connectivity index is 2.12. The molecule has 142 valence electrons. The van der Waals surface area contributed by atoms with Gasteiger partial charge in [-0.2, -0.15) is 0 Å². The second-order valence-electron chi connectivity index (χ2n) is 6.11. The largest absolute Gasteiger partial charge is 0.394 e. The Hall–Kier alpha value is -0.400. The molecule has 2 aliphatic rings. The molecule has 8 unspecified atom stereocenters. The third-order valence-electron chi connectivity index (χ3n) is 4.59. The number of ether oxygens (including phenoxy) is 4. The zero-order valence-corrected chi connectivity index (χ0v) is 13.5. The molecule has 0 aliphatic carbocycles. The fraction of sp³-hybridized carbons (Fsp3) is 1.00. The minimum absolute atomic E-state index is 0.396. The van der Waals surface area contributed by atoms with Crippen LogP contribution in [0.3, 0.4) is 0 Å². The summed E-state index contributed by atoms with van der Waals surface area (Å²) >= 11 is 0. The zero-order valence-electron chi connectivity index (χ0n) is 13.5. The minimum Gasteiger partial charge on any atom is -0.394 e. The van der Waals surface area contributed by atoms with Gasteiger partial charge in [-0.05, 0) is 0 Å². The lowest BCUT2D eigenvalue weighted by molar-refractivity contribution is -0.353. The summed E-state index contributed by atoms with van der Waals surface area (Å²) in [4.78, 5) is 0. The topological polar surface area (TPSA) is 158 Å². The molecular weight excluding hydrogens is 328 g/mol. The zero-order chi connectivity index (χ0) is 18.0. The van der Waals surface area contributed by atoms with Crippen LogP contribution >= 0.6 is 0 Å². The van der Waals surface area contributed by atoms with Crippen LogP contribution in [0.2, 0.25) is 0 Å². The maximum absolute atomic E-state index is 10.2. The van der Waals surface area contributed by atoms with Gasteiger partial charge >= 0.3 is 0 Å². The Kier molecular flexibility index (Phi) is 6.90. The van der Waals surface area contributed by atoms with Gasteiger partial charge in [-0.15, -0.1) is 0 Å². The van der Waals surface area contributed by atoms with Gasteiger partial charge in [0.2, 0.25) is 0 Å². The average Bonchev–Trinajstić information content (AvgIpc) is 2.59. The molecule has 2 rings (SSSR count). The highest BCUT2D eigenvalue weighted by atomic mass is 16.7. The number of rotatable bonds is 5. The van der Waals surface area contributed by atoms with Crippen LogP contribution in [0.5, 0.6) is 0 Å². The normalized spacial score (nSPS) is 50.0. The summed E-state index contributed by atoms with van der Waals surface area (Å²) in [5, 5.41) is 59.0. The molecule has 24 heavy (non-hydrogen) atoms. The van der Waals surface area contributed by atoms with Gasteiger partial charge in [0.05, 0.1) is 25.4 Å². The first kappa shape index (κ1) is 19.9. The van der Waals surface area contributed by atoms with Gasteiger partial charge in [-0.25, -0.2) is 0 Å². The van der Waals surface area contributed by atoms with E-state index < -0.39 is 74.4 Å². The molecule has 0 aromatic rings. The van der Waals surface area contributed by atoms with Crippen molar-refractivity contribution in [2.75, 3.05) is 20.3 Å². The Morgan fingerprint density at radius 3 is 1.88 bits per heavy atom. The van der Waals surface area contributed by atoms with Crippen molar-refractivity contribution in [2.24, 2.45) is 5.92 Å². The molecule has 0 aromatic carbocycles. The van der Waals surface area contributed by atoms with Crippen molar-refractivity contribution in [3.8, 4) is 0 Å². The van der Waals surface area contributed by atoms with Gasteiger partial charge in [0, 0.05) is 13.0 Å². The van der Waals surface area contributed by atoms with Crippen LogP contribution in [0.4, 0.5) is 0 Å². The maximum Gasteiger partial charge on any atom is 0.187 e. The van der Waals surface area contributed by atoms with E-state index in [0.29, 0.717) is 0 Å². The molecule has 2 heterocycles. The first-order valence-corrected chi connectivity index (χ1v) is 7.78. The Labute approximate surface area is 139 Å². The number of aliphatic hydroxyl groups excluding tert-OH is 6. The Bertz CT molecular complexity index is 392. The van der Waals surface area contributed by atoms with E-state index in [1.54, 1.807) is 6.92 Å². The summed E-state index contributed by atoms with van der Waals surface area (Å²) in [6.07, 6.45) is -11.2. The smallest absolute Gasteiger partial charge is 0.187 e. The van der Waals surface area contributed by atoms with Gasteiger partial charge < -0.3 is 49.6 Å². The molecule has 10 nitrogen and oxygen atoms in total.